The number of esters is 1. The molecule has 0 saturated heterocycles. The number of carbonyl (C=O) groups is 1. The van der Waals surface area contributed by atoms with Gasteiger partial charge in [0, 0.05) is 6.04 Å². The number of rotatable bonds is 6. The summed E-state index contributed by atoms with van der Waals surface area (Å²) in [5, 5.41) is 0. The normalized spacial score (nSPS) is 13.0. The van der Waals surface area contributed by atoms with Gasteiger partial charge in [0.25, 0.3) is 0 Å². The smallest absolute Gasteiger partial charge is 0.319 e. The van der Waals surface area contributed by atoms with Gasteiger partial charge in [-0.3, -0.25) is 9.69 Å². The molecule has 0 aliphatic carbocycles. The third-order valence-electron chi connectivity index (χ3n) is 2.32. The molecule has 3 nitrogen and oxygen atoms in total. The number of likely N-dealkylation sites (N-methyl/N-ethyl adjacent to an activating group) is 1. The van der Waals surface area contributed by atoms with Gasteiger partial charge in [0.15, 0.2) is 0 Å². The summed E-state index contributed by atoms with van der Waals surface area (Å²) < 4.78 is 4.61. The SMILES string of the molecule is CCC[C@@H](CC)N(C)CC(=O)OC. The van der Waals surface area contributed by atoms with Crippen molar-refractivity contribution in [1.82, 2.24) is 4.90 Å². The maximum Gasteiger partial charge on any atom is 0.319 e. The monoisotopic (exact) mass is 187 g/mol. The highest BCUT2D eigenvalue weighted by atomic mass is 16.5. The number of ether oxygens (including phenoxy) is 1. The van der Waals surface area contributed by atoms with E-state index in [2.05, 4.69) is 23.5 Å². The molecule has 0 aromatic heterocycles. The van der Waals surface area contributed by atoms with E-state index in [1.807, 2.05) is 7.05 Å². The molecule has 0 saturated carbocycles. The Hall–Kier alpha value is -0.570. The van der Waals surface area contributed by atoms with Gasteiger partial charge in [0.1, 0.15) is 0 Å². The van der Waals surface area contributed by atoms with Crippen LogP contribution in [0.25, 0.3) is 0 Å². The van der Waals surface area contributed by atoms with E-state index in [4.69, 9.17) is 0 Å². The zero-order valence-electron chi connectivity index (χ0n) is 9.17. The van der Waals surface area contributed by atoms with Crippen molar-refractivity contribution in [3.05, 3.63) is 0 Å². The summed E-state index contributed by atoms with van der Waals surface area (Å²) in [5.74, 6) is -0.156. The van der Waals surface area contributed by atoms with Crippen molar-refractivity contribution in [2.45, 2.75) is 39.2 Å². The Balaban J connectivity index is 3.89. The summed E-state index contributed by atoms with van der Waals surface area (Å²) in [6, 6.07) is 0.504. The number of hydrogen-bond donors (Lipinski definition) is 0. The lowest BCUT2D eigenvalue weighted by molar-refractivity contribution is -0.142. The maximum absolute atomic E-state index is 11.0. The lowest BCUT2D eigenvalue weighted by atomic mass is 10.1. The average molecular weight is 187 g/mol. The first-order chi connectivity index (χ1) is 6.15. The van der Waals surface area contributed by atoms with E-state index in [0.717, 1.165) is 19.3 Å². The zero-order chi connectivity index (χ0) is 10.3. The highest BCUT2D eigenvalue weighted by Crippen LogP contribution is 2.08. The van der Waals surface area contributed by atoms with E-state index in [9.17, 15) is 4.79 Å². The molecule has 0 aromatic rings. The quantitative estimate of drug-likeness (QED) is 0.592. The average Bonchev–Trinajstić information content (AvgIpc) is 2.13. The molecule has 3 heteroatoms. The molecule has 0 heterocycles. The first-order valence-electron chi connectivity index (χ1n) is 4.92. The van der Waals surface area contributed by atoms with Crippen molar-refractivity contribution >= 4 is 5.97 Å². The molecule has 0 aromatic carbocycles. The van der Waals surface area contributed by atoms with E-state index in [0.29, 0.717) is 12.6 Å². The van der Waals surface area contributed by atoms with Crippen LogP contribution >= 0.6 is 0 Å². The van der Waals surface area contributed by atoms with Crippen molar-refractivity contribution in [3.8, 4) is 0 Å². The number of methoxy groups -OCH3 is 1. The summed E-state index contributed by atoms with van der Waals surface area (Å²) >= 11 is 0. The Labute approximate surface area is 81.1 Å². The highest BCUT2D eigenvalue weighted by Gasteiger charge is 2.14. The first-order valence-corrected chi connectivity index (χ1v) is 4.92. The molecule has 0 fully saturated rings. The van der Waals surface area contributed by atoms with E-state index >= 15 is 0 Å². The van der Waals surface area contributed by atoms with Gasteiger partial charge < -0.3 is 4.74 Å². The summed E-state index contributed by atoms with van der Waals surface area (Å²) in [6.45, 7) is 4.71. The van der Waals surface area contributed by atoms with Gasteiger partial charge in [-0.15, -0.1) is 0 Å². The van der Waals surface area contributed by atoms with Gasteiger partial charge >= 0.3 is 5.97 Å². The topological polar surface area (TPSA) is 29.5 Å². The Bertz CT molecular complexity index is 148. The fraction of sp³-hybridized carbons (Fsp3) is 0.900. The van der Waals surface area contributed by atoms with Crippen molar-refractivity contribution < 1.29 is 9.53 Å². The van der Waals surface area contributed by atoms with E-state index < -0.39 is 0 Å². The van der Waals surface area contributed by atoms with Crippen LogP contribution in [0.3, 0.4) is 0 Å². The second-order valence-electron chi connectivity index (χ2n) is 3.34. The predicted molar refractivity (Wildman–Crippen MR) is 53.6 cm³/mol. The van der Waals surface area contributed by atoms with Crippen molar-refractivity contribution in [2.75, 3.05) is 20.7 Å². The molecule has 0 amide bonds. The van der Waals surface area contributed by atoms with Gasteiger partial charge in [0.2, 0.25) is 0 Å². The van der Waals surface area contributed by atoms with Crippen molar-refractivity contribution in [1.29, 1.82) is 0 Å². The molecule has 0 aliphatic rings. The largest absolute Gasteiger partial charge is 0.468 e. The molecule has 78 valence electrons. The molecular formula is C10H21NO2. The fourth-order valence-corrected chi connectivity index (χ4v) is 1.47. The minimum absolute atomic E-state index is 0.156. The minimum atomic E-state index is -0.156. The van der Waals surface area contributed by atoms with Crippen molar-refractivity contribution in [3.63, 3.8) is 0 Å². The molecule has 13 heavy (non-hydrogen) atoms. The molecule has 1 atom stereocenters. The summed E-state index contributed by atoms with van der Waals surface area (Å²) in [5.41, 5.74) is 0. The standard InChI is InChI=1S/C10H21NO2/c1-5-7-9(6-2)11(3)8-10(12)13-4/h9H,5-8H2,1-4H3/t9-/m1/s1. The summed E-state index contributed by atoms with van der Waals surface area (Å²) in [4.78, 5) is 13.0. The lowest BCUT2D eigenvalue weighted by Gasteiger charge is -2.25. The van der Waals surface area contributed by atoms with Gasteiger partial charge in [-0.05, 0) is 19.9 Å². The second kappa shape index (κ2) is 6.89. The third-order valence-corrected chi connectivity index (χ3v) is 2.32. The first kappa shape index (κ1) is 12.4. The van der Waals surface area contributed by atoms with Gasteiger partial charge in [-0.25, -0.2) is 0 Å². The van der Waals surface area contributed by atoms with Crippen LogP contribution in [0.5, 0.6) is 0 Å². The number of carbonyl (C=O) groups excluding carboxylic acids is 1. The van der Waals surface area contributed by atoms with Crippen LogP contribution in [0.2, 0.25) is 0 Å². The Morgan fingerprint density at radius 2 is 2.08 bits per heavy atom. The van der Waals surface area contributed by atoms with Gasteiger partial charge in [-0.2, -0.15) is 0 Å². The number of nitrogens with zero attached hydrogens (tertiary/aromatic N) is 1. The van der Waals surface area contributed by atoms with Crippen LogP contribution < -0.4 is 0 Å². The summed E-state index contributed by atoms with van der Waals surface area (Å²) in [7, 11) is 3.40. The van der Waals surface area contributed by atoms with Crippen LogP contribution in [0.4, 0.5) is 0 Å². The van der Waals surface area contributed by atoms with Crippen LogP contribution in [0, 0.1) is 0 Å². The van der Waals surface area contributed by atoms with Crippen molar-refractivity contribution in [2.24, 2.45) is 0 Å². The molecule has 0 bridgehead atoms. The van der Waals surface area contributed by atoms with E-state index in [-0.39, 0.29) is 5.97 Å². The van der Waals surface area contributed by atoms with E-state index in [1.54, 1.807) is 0 Å². The molecule has 0 aliphatic heterocycles. The molecular weight excluding hydrogens is 166 g/mol. The fourth-order valence-electron chi connectivity index (χ4n) is 1.47. The van der Waals surface area contributed by atoms with Crippen LogP contribution in [-0.4, -0.2) is 37.6 Å². The van der Waals surface area contributed by atoms with Gasteiger partial charge in [0.05, 0.1) is 13.7 Å². The van der Waals surface area contributed by atoms with Crippen LogP contribution in [-0.2, 0) is 9.53 Å². The van der Waals surface area contributed by atoms with Crippen LogP contribution in [0.1, 0.15) is 33.1 Å². The predicted octanol–water partition coefficient (Wildman–Crippen LogP) is 1.67. The molecule has 0 radical (unpaired) electrons. The van der Waals surface area contributed by atoms with E-state index in [1.165, 1.54) is 7.11 Å². The third kappa shape index (κ3) is 4.88. The minimum Gasteiger partial charge on any atom is -0.468 e. The Morgan fingerprint density at radius 3 is 2.46 bits per heavy atom. The van der Waals surface area contributed by atoms with Crippen LogP contribution in [0.15, 0.2) is 0 Å². The maximum atomic E-state index is 11.0. The Morgan fingerprint density at radius 1 is 1.46 bits per heavy atom. The molecule has 0 unspecified atom stereocenters. The highest BCUT2D eigenvalue weighted by molar-refractivity contribution is 5.71. The second-order valence-corrected chi connectivity index (χ2v) is 3.34. The Kier molecular flexibility index (Phi) is 6.59. The lowest BCUT2D eigenvalue weighted by Crippen LogP contribution is -2.35. The number of hydrogen-bond acceptors (Lipinski definition) is 3. The summed E-state index contributed by atoms with van der Waals surface area (Å²) in [6.07, 6.45) is 3.38. The zero-order valence-corrected chi connectivity index (χ0v) is 9.17. The van der Waals surface area contributed by atoms with Gasteiger partial charge in [-0.1, -0.05) is 20.3 Å². The molecule has 0 rings (SSSR count). The molecule has 0 N–H and O–H groups in total. The molecule has 0 spiro atoms.